The molecular weight excluding hydrogens is 176 g/mol. The van der Waals surface area contributed by atoms with Crippen LogP contribution in [0, 0.1) is 0 Å². The third kappa shape index (κ3) is 3.00. The van der Waals surface area contributed by atoms with E-state index in [1.807, 2.05) is 12.1 Å². The average Bonchev–Trinajstić information content (AvgIpc) is 2.01. The van der Waals surface area contributed by atoms with Gasteiger partial charge in [0.15, 0.2) is 0 Å². The summed E-state index contributed by atoms with van der Waals surface area (Å²) in [6.07, 6.45) is 1.71. The molecule has 1 aromatic rings. The lowest BCUT2D eigenvalue weighted by atomic mass is 10.00. The standard InChI is InChI=1S/C11H18N2O/c1-8(2)13-10-7-9(5-6-12-10)11(3,4)14/h5-8,14H,1-4H3,(H,12,13). The molecule has 0 aliphatic heterocycles. The van der Waals surface area contributed by atoms with E-state index in [0.717, 1.165) is 11.4 Å². The van der Waals surface area contributed by atoms with E-state index in [2.05, 4.69) is 24.1 Å². The van der Waals surface area contributed by atoms with E-state index in [0.29, 0.717) is 6.04 Å². The molecule has 0 aliphatic rings. The van der Waals surface area contributed by atoms with Gasteiger partial charge in [-0.3, -0.25) is 0 Å². The molecule has 0 amide bonds. The Morgan fingerprint density at radius 3 is 2.57 bits per heavy atom. The minimum atomic E-state index is -0.809. The van der Waals surface area contributed by atoms with Crippen molar-refractivity contribution in [2.24, 2.45) is 0 Å². The van der Waals surface area contributed by atoms with E-state index in [9.17, 15) is 5.11 Å². The maximum Gasteiger partial charge on any atom is 0.126 e. The van der Waals surface area contributed by atoms with Gasteiger partial charge in [0.2, 0.25) is 0 Å². The quantitative estimate of drug-likeness (QED) is 0.774. The molecule has 0 fully saturated rings. The Morgan fingerprint density at radius 1 is 1.43 bits per heavy atom. The number of hydrogen-bond acceptors (Lipinski definition) is 3. The zero-order valence-electron chi connectivity index (χ0n) is 9.20. The molecule has 0 aliphatic carbocycles. The van der Waals surface area contributed by atoms with E-state index in [1.54, 1.807) is 20.0 Å². The number of rotatable bonds is 3. The highest BCUT2D eigenvalue weighted by molar-refractivity contribution is 5.39. The number of anilines is 1. The third-order valence-electron chi connectivity index (χ3n) is 1.90. The van der Waals surface area contributed by atoms with Gasteiger partial charge in [-0.05, 0) is 45.4 Å². The van der Waals surface area contributed by atoms with Gasteiger partial charge >= 0.3 is 0 Å². The van der Waals surface area contributed by atoms with Gasteiger partial charge in [0, 0.05) is 12.2 Å². The minimum Gasteiger partial charge on any atom is -0.386 e. The summed E-state index contributed by atoms with van der Waals surface area (Å²) in [4.78, 5) is 4.17. The highest BCUT2D eigenvalue weighted by atomic mass is 16.3. The van der Waals surface area contributed by atoms with Crippen molar-refractivity contribution in [3.63, 3.8) is 0 Å². The first-order valence-corrected chi connectivity index (χ1v) is 4.85. The summed E-state index contributed by atoms with van der Waals surface area (Å²) in [5, 5.41) is 13.0. The van der Waals surface area contributed by atoms with Crippen LogP contribution in [0.25, 0.3) is 0 Å². The molecule has 0 spiro atoms. The van der Waals surface area contributed by atoms with Crippen molar-refractivity contribution >= 4 is 5.82 Å². The Balaban J connectivity index is 2.90. The van der Waals surface area contributed by atoms with Crippen LogP contribution in [0.4, 0.5) is 5.82 Å². The Morgan fingerprint density at radius 2 is 2.07 bits per heavy atom. The molecule has 0 aromatic carbocycles. The summed E-state index contributed by atoms with van der Waals surface area (Å²) in [6, 6.07) is 4.05. The van der Waals surface area contributed by atoms with Crippen LogP contribution in [0.5, 0.6) is 0 Å². The van der Waals surface area contributed by atoms with Crippen molar-refractivity contribution in [1.82, 2.24) is 4.98 Å². The van der Waals surface area contributed by atoms with E-state index >= 15 is 0 Å². The van der Waals surface area contributed by atoms with Crippen LogP contribution in [0.2, 0.25) is 0 Å². The summed E-state index contributed by atoms with van der Waals surface area (Å²) in [5.74, 6) is 0.805. The number of nitrogens with zero attached hydrogens (tertiary/aromatic N) is 1. The maximum absolute atomic E-state index is 9.79. The molecule has 0 radical (unpaired) electrons. The first-order chi connectivity index (χ1) is 6.39. The lowest BCUT2D eigenvalue weighted by Gasteiger charge is -2.19. The summed E-state index contributed by atoms with van der Waals surface area (Å²) < 4.78 is 0. The highest BCUT2D eigenvalue weighted by Crippen LogP contribution is 2.21. The van der Waals surface area contributed by atoms with Crippen LogP contribution in [0.1, 0.15) is 33.3 Å². The number of nitrogens with one attached hydrogen (secondary N) is 1. The lowest BCUT2D eigenvalue weighted by Crippen LogP contribution is -2.17. The fraction of sp³-hybridized carbons (Fsp3) is 0.545. The molecule has 1 heterocycles. The van der Waals surface area contributed by atoms with Crippen LogP contribution in [-0.4, -0.2) is 16.1 Å². The predicted molar refractivity (Wildman–Crippen MR) is 58.2 cm³/mol. The molecule has 1 rings (SSSR count). The van der Waals surface area contributed by atoms with Crippen LogP contribution in [-0.2, 0) is 5.60 Å². The summed E-state index contributed by atoms with van der Waals surface area (Å²) in [5.41, 5.74) is 0.0618. The monoisotopic (exact) mass is 194 g/mol. The Labute approximate surface area is 85.2 Å². The Hall–Kier alpha value is -1.09. The molecule has 0 saturated carbocycles. The second-order valence-electron chi connectivity index (χ2n) is 4.29. The average molecular weight is 194 g/mol. The number of aliphatic hydroxyl groups is 1. The van der Waals surface area contributed by atoms with Gasteiger partial charge in [-0.25, -0.2) is 4.98 Å². The molecule has 78 valence electrons. The van der Waals surface area contributed by atoms with E-state index in [-0.39, 0.29) is 0 Å². The fourth-order valence-electron chi connectivity index (χ4n) is 1.19. The predicted octanol–water partition coefficient (Wildman–Crippen LogP) is 2.13. The number of aromatic nitrogens is 1. The second-order valence-corrected chi connectivity index (χ2v) is 4.29. The van der Waals surface area contributed by atoms with E-state index in [4.69, 9.17) is 0 Å². The van der Waals surface area contributed by atoms with Gasteiger partial charge in [-0.15, -0.1) is 0 Å². The summed E-state index contributed by atoms with van der Waals surface area (Å²) in [7, 11) is 0. The highest BCUT2D eigenvalue weighted by Gasteiger charge is 2.16. The van der Waals surface area contributed by atoms with Crippen molar-refractivity contribution in [2.45, 2.75) is 39.3 Å². The van der Waals surface area contributed by atoms with Gasteiger partial charge in [0.1, 0.15) is 5.82 Å². The molecule has 0 saturated heterocycles. The molecule has 0 atom stereocenters. The third-order valence-corrected chi connectivity index (χ3v) is 1.90. The van der Waals surface area contributed by atoms with Crippen molar-refractivity contribution < 1.29 is 5.11 Å². The van der Waals surface area contributed by atoms with E-state index < -0.39 is 5.60 Å². The molecule has 0 unspecified atom stereocenters. The van der Waals surface area contributed by atoms with Crippen molar-refractivity contribution in [3.8, 4) is 0 Å². The van der Waals surface area contributed by atoms with Crippen LogP contribution in [0.3, 0.4) is 0 Å². The van der Waals surface area contributed by atoms with Crippen molar-refractivity contribution in [1.29, 1.82) is 0 Å². The number of pyridine rings is 1. The largest absolute Gasteiger partial charge is 0.386 e. The second kappa shape index (κ2) is 3.96. The molecular formula is C11H18N2O. The van der Waals surface area contributed by atoms with Crippen molar-refractivity contribution in [3.05, 3.63) is 23.9 Å². The zero-order chi connectivity index (χ0) is 10.8. The maximum atomic E-state index is 9.79. The first kappa shape index (κ1) is 11.0. The molecule has 3 nitrogen and oxygen atoms in total. The van der Waals surface area contributed by atoms with Gasteiger partial charge in [-0.1, -0.05) is 0 Å². The minimum absolute atomic E-state index is 0.347. The molecule has 1 aromatic heterocycles. The normalized spacial score (nSPS) is 11.9. The van der Waals surface area contributed by atoms with Crippen molar-refractivity contribution in [2.75, 3.05) is 5.32 Å². The smallest absolute Gasteiger partial charge is 0.126 e. The molecule has 14 heavy (non-hydrogen) atoms. The summed E-state index contributed by atoms with van der Waals surface area (Å²) in [6.45, 7) is 7.64. The molecule has 2 N–H and O–H groups in total. The van der Waals surface area contributed by atoms with E-state index in [1.165, 1.54) is 0 Å². The molecule has 0 bridgehead atoms. The van der Waals surface area contributed by atoms with Gasteiger partial charge in [0.25, 0.3) is 0 Å². The fourth-order valence-corrected chi connectivity index (χ4v) is 1.19. The summed E-state index contributed by atoms with van der Waals surface area (Å²) >= 11 is 0. The lowest BCUT2D eigenvalue weighted by molar-refractivity contribution is 0.0785. The first-order valence-electron chi connectivity index (χ1n) is 4.85. The SMILES string of the molecule is CC(C)Nc1cc(C(C)(C)O)ccn1. The molecule has 3 heteroatoms. The number of hydrogen-bond donors (Lipinski definition) is 2. The Bertz CT molecular complexity index is 302. The van der Waals surface area contributed by atoms with Gasteiger partial charge in [0.05, 0.1) is 5.60 Å². The van der Waals surface area contributed by atoms with Crippen LogP contribution in [0.15, 0.2) is 18.3 Å². The van der Waals surface area contributed by atoms with Crippen LogP contribution >= 0.6 is 0 Å². The van der Waals surface area contributed by atoms with Gasteiger partial charge in [-0.2, -0.15) is 0 Å². The zero-order valence-corrected chi connectivity index (χ0v) is 9.20. The van der Waals surface area contributed by atoms with Crippen LogP contribution < -0.4 is 5.32 Å². The topological polar surface area (TPSA) is 45.1 Å². The van der Waals surface area contributed by atoms with Gasteiger partial charge < -0.3 is 10.4 Å². The Kier molecular flexibility index (Phi) is 3.11.